The van der Waals surface area contributed by atoms with E-state index in [1.165, 1.54) is 13.0 Å². The van der Waals surface area contributed by atoms with E-state index < -0.39 is 23.5 Å². The third-order valence-corrected chi connectivity index (χ3v) is 4.28. The number of carbonyl (C=O) groups excluding carboxylic acids is 1. The van der Waals surface area contributed by atoms with Gasteiger partial charge in [-0.15, -0.1) is 0 Å². The fourth-order valence-electron chi connectivity index (χ4n) is 2.42. The van der Waals surface area contributed by atoms with Gasteiger partial charge in [0.25, 0.3) is 0 Å². The summed E-state index contributed by atoms with van der Waals surface area (Å²) in [5.74, 6) is -3.64. The average Bonchev–Trinajstić information content (AvgIpc) is 2.50. The SMILES string of the molecule is CCOC(=O)C1=C(C)OC(N)=C(C#N)C1c1cc(I)c(F)cc1F. The first-order valence-electron chi connectivity index (χ1n) is 6.91. The number of esters is 1. The van der Waals surface area contributed by atoms with Crippen molar-refractivity contribution in [1.29, 1.82) is 5.26 Å². The highest BCUT2D eigenvalue weighted by Gasteiger charge is 2.38. The summed E-state index contributed by atoms with van der Waals surface area (Å²) in [4.78, 5) is 12.3. The minimum absolute atomic E-state index is 0.0380. The number of nitriles is 1. The Bertz CT molecular complexity index is 812. The molecule has 0 aromatic heterocycles. The van der Waals surface area contributed by atoms with Gasteiger partial charge in [-0.3, -0.25) is 0 Å². The molecule has 5 nitrogen and oxygen atoms in total. The third-order valence-electron chi connectivity index (χ3n) is 3.45. The number of benzene rings is 1. The van der Waals surface area contributed by atoms with Crippen LogP contribution in [-0.2, 0) is 14.3 Å². The summed E-state index contributed by atoms with van der Waals surface area (Å²) in [5.41, 5.74) is 5.49. The lowest BCUT2D eigenvalue weighted by Crippen LogP contribution is -2.26. The molecule has 0 aliphatic carbocycles. The Morgan fingerprint density at radius 3 is 2.71 bits per heavy atom. The van der Waals surface area contributed by atoms with E-state index >= 15 is 0 Å². The Hall–Kier alpha value is -2.15. The number of carbonyl (C=O) groups is 1. The van der Waals surface area contributed by atoms with Gasteiger partial charge in [0.1, 0.15) is 29.0 Å². The van der Waals surface area contributed by atoms with Gasteiger partial charge in [0, 0.05) is 15.2 Å². The lowest BCUT2D eigenvalue weighted by molar-refractivity contribution is -0.139. The Morgan fingerprint density at radius 1 is 1.46 bits per heavy atom. The van der Waals surface area contributed by atoms with Crippen molar-refractivity contribution in [3.8, 4) is 6.07 Å². The summed E-state index contributed by atoms with van der Waals surface area (Å²) in [6.07, 6.45) is 0. The van der Waals surface area contributed by atoms with Crippen LogP contribution in [0.2, 0.25) is 0 Å². The summed E-state index contributed by atoms with van der Waals surface area (Å²) in [7, 11) is 0. The summed E-state index contributed by atoms with van der Waals surface area (Å²) >= 11 is 1.70. The van der Waals surface area contributed by atoms with Crippen LogP contribution in [0.15, 0.2) is 34.9 Å². The first-order valence-corrected chi connectivity index (χ1v) is 7.99. The maximum absolute atomic E-state index is 14.4. The van der Waals surface area contributed by atoms with Crippen LogP contribution in [-0.4, -0.2) is 12.6 Å². The zero-order valence-corrected chi connectivity index (χ0v) is 15.0. The van der Waals surface area contributed by atoms with Gasteiger partial charge in [0.15, 0.2) is 0 Å². The number of hydrogen-bond acceptors (Lipinski definition) is 5. The number of ether oxygens (including phenoxy) is 2. The van der Waals surface area contributed by atoms with Crippen LogP contribution in [0.25, 0.3) is 0 Å². The molecule has 24 heavy (non-hydrogen) atoms. The molecular formula is C16H13F2IN2O3. The third kappa shape index (κ3) is 3.21. The summed E-state index contributed by atoms with van der Waals surface area (Å²) in [5, 5.41) is 9.38. The van der Waals surface area contributed by atoms with Crippen LogP contribution < -0.4 is 5.73 Å². The topological polar surface area (TPSA) is 85.3 Å². The molecule has 1 unspecified atom stereocenters. The average molecular weight is 446 g/mol. The van der Waals surface area contributed by atoms with E-state index in [0.717, 1.165) is 0 Å². The van der Waals surface area contributed by atoms with Crippen molar-refractivity contribution in [3.63, 3.8) is 0 Å². The van der Waals surface area contributed by atoms with Gasteiger partial charge >= 0.3 is 5.97 Å². The van der Waals surface area contributed by atoms with Crippen molar-refractivity contribution in [2.75, 3.05) is 6.61 Å². The quantitative estimate of drug-likeness (QED) is 0.438. The van der Waals surface area contributed by atoms with Gasteiger partial charge < -0.3 is 15.2 Å². The summed E-state index contributed by atoms with van der Waals surface area (Å²) in [6, 6.07) is 3.77. The number of halogens is 3. The molecule has 8 heteroatoms. The molecule has 0 saturated carbocycles. The molecule has 0 amide bonds. The first-order chi connectivity index (χ1) is 11.3. The number of nitrogens with two attached hydrogens (primary N) is 1. The Labute approximate surface area is 150 Å². The zero-order valence-electron chi connectivity index (χ0n) is 12.8. The molecule has 126 valence electrons. The van der Waals surface area contributed by atoms with E-state index in [1.54, 1.807) is 29.5 Å². The number of hydrogen-bond donors (Lipinski definition) is 1. The van der Waals surface area contributed by atoms with Crippen molar-refractivity contribution in [2.24, 2.45) is 5.73 Å². The lowest BCUT2D eigenvalue weighted by atomic mass is 9.83. The molecule has 1 aliphatic rings. The predicted molar refractivity (Wildman–Crippen MR) is 89.1 cm³/mol. The van der Waals surface area contributed by atoms with E-state index in [-0.39, 0.29) is 38.5 Å². The van der Waals surface area contributed by atoms with Crippen LogP contribution in [0.4, 0.5) is 8.78 Å². The maximum atomic E-state index is 14.4. The molecular weight excluding hydrogens is 433 g/mol. The largest absolute Gasteiger partial charge is 0.463 e. The fourth-order valence-corrected chi connectivity index (χ4v) is 2.92. The Balaban J connectivity index is 2.72. The molecule has 1 heterocycles. The van der Waals surface area contributed by atoms with Gasteiger partial charge in [-0.2, -0.15) is 5.26 Å². The van der Waals surface area contributed by atoms with E-state index in [9.17, 15) is 18.8 Å². The highest BCUT2D eigenvalue weighted by Crippen LogP contribution is 2.41. The van der Waals surface area contributed by atoms with Gasteiger partial charge in [-0.05, 0) is 42.5 Å². The summed E-state index contributed by atoms with van der Waals surface area (Å²) < 4.78 is 38.3. The molecule has 0 spiro atoms. The van der Waals surface area contributed by atoms with Crippen LogP contribution in [0.1, 0.15) is 25.3 Å². The van der Waals surface area contributed by atoms with Crippen molar-refractivity contribution in [1.82, 2.24) is 0 Å². The standard InChI is InChI=1S/C16H13F2IN2O3/c1-3-23-16(22)13-7(2)24-15(21)9(6-20)14(13)8-4-12(19)11(18)5-10(8)17/h4-5,14H,3,21H2,1-2H3. The van der Waals surface area contributed by atoms with E-state index in [0.29, 0.717) is 6.07 Å². The highest BCUT2D eigenvalue weighted by molar-refractivity contribution is 14.1. The van der Waals surface area contributed by atoms with Crippen LogP contribution in [0.5, 0.6) is 0 Å². The fraction of sp³-hybridized carbons (Fsp3) is 0.250. The Kier molecular flexibility index (Phi) is 5.43. The smallest absolute Gasteiger partial charge is 0.338 e. The van der Waals surface area contributed by atoms with Crippen LogP contribution in [0, 0.1) is 26.5 Å². The normalized spacial score (nSPS) is 17.4. The molecule has 0 saturated heterocycles. The van der Waals surface area contributed by atoms with Crippen LogP contribution >= 0.6 is 22.6 Å². The van der Waals surface area contributed by atoms with Gasteiger partial charge in [-0.1, -0.05) is 0 Å². The Morgan fingerprint density at radius 2 is 2.12 bits per heavy atom. The second-order valence-corrected chi connectivity index (χ2v) is 6.07. The minimum Gasteiger partial charge on any atom is -0.463 e. The van der Waals surface area contributed by atoms with E-state index in [1.807, 2.05) is 6.07 Å². The van der Waals surface area contributed by atoms with E-state index in [4.69, 9.17) is 15.2 Å². The van der Waals surface area contributed by atoms with Crippen molar-refractivity contribution >= 4 is 28.6 Å². The zero-order chi connectivity index (χ0) is 18.0. The van der Waals surface area contributed by atoms with E-state index in [2.05, 4.69) is 0 Å². The van der Waals surface area contributed by atoms with Gasteiger partial charge in [-0.25, -0.2) is 13.6 Å². The predicted octanol–water partition coefficient (Wildman–Crippen LogP) is 3.21. The number of allylic oxidation sites excluding steroid dienone is 2. The second kappa shape index (κ2) is 7.17. The first kappa shape index (κ1) is 18.2. The van der Waals surface area contributed by atoms with Crippen molar-refractivity contribution in [2.45, 2.75) is 19.8 Å². The molecule has 0 radical (unpaired) electrons. The van der Waals surface area contributed by atoms with Gasteiger partial charge in [0.2, 0.25) is 5.88 Å². The van der Waals surface area contributed by atoms with Crippen molar-refractivity contribution in [3.05, 3.63) is 55.7 Å². The second-order valence-electron chi connectivity index (χ2n) is 4.90. The highest BCUT2D eigenvalue weighted by atomic mass is 127. The number of rotatable bonds is 3. The molecule has 2 rings (SSSR count). The molecule has 1 aromatic carbocycles. The molecule has 1 aromatic rings. The molecule has 0 bridgehead atoms. The van der Waals surface area contributed by atoms with Crippen LogP contribution in [0.3, 0.4) is 0 Å². The lowest BCUT2D eigenvalue weighted by Gasteiger charge is -2.27. The number of nitrogens with zero attached hydrogens (tertiary/aromatic N) is 1. The summed E-state index contributed by atoms with van der Waals surface area (Å²) in [6.45, 7) is 3.17. The minimum atomic E-state index is -1.13. The molecule has 0 fully saturated rings. The molecule has 1 atom stereocenters. The van der Waals surface area contributed by atoms with Crippen molar-refractivity contribution < 1.29 is 23.0 Å². The van der Waals surface area contributed by atoms with Gasteiger partial charge in [0.05, 0.1) is 18.1 Å². The maximum Gasteiger partial charge on any atom is 0.338 e. The molecule has 2 N–H and O–H groups in total. The monoisotopic (exact) mass is 446 g/mol. The molecule has 1 aliphatic heterocycles.